The lowest BCUT2D eigenvalue weighted by Gasteiger charge is -2.27. The Morgan fingerprint density at radius 2 is 1.96 bits per heavy atom. The van der Waals surface area contributed by atoms with Gasteiger partial charge in [-0.05, 0) is 56.2 Å². The van der Waals surface area contributed by atoms with Crippen molar-refractivity contribution < 1.29 is 14.3 Å². The summed E-state index contributed by atoms with van der Waals surface area (Å²) < 4.78 is 11.1. The highest BCUT2D eigenvalue weighted by atomic mass is 16.5. The van der Waals surface area contributed by atoms with Gasteiger partial charge in [0.15, 0.2) is 11.5 Å². The molecule has 0 aliphatic heterocycles. The highest BCUT2D eigenvalue weighted by Gasteiger charge is 2.20. The minimum atomic E-state index is -0.0250. The van der Waals surface area contributed by atoms with Gasteiger partial charge in [-0.3, -0.25) is 4.79 Å². The Morgan fingerprint density at radius 3 is 2.61 bits per heavy atom. The lowest BCUT2D eigenvalue weighted by atomic mass is 9.87. The van der Waals surface area contributed by atoms with Gasteiger partial charge in [-0.1, -0.05) is 20.3 Å². The van der Waals surface area contributed by atoms with Gasteiger partial charge in [0, 0.05) is 11.6 Å². The molecule has 0 bridgehead atoms. The van der Waals surface area contributed by atoms with Crippen LogP contribution in [0.2, 0.25) is 0 Å². The molecule has 0 saturated heterocycles. The molecule has 128 valence electrons. The molecule has 1 aliphatic carbocycles. The Kier molecular flexibility index (Phi) is 6.75. The van der Waals surface area contributed by atoms with Gasteiger partial charge in [0.1, 0.15) is 0 Å². The van der Waals surface area contributed by atoms with Crippen molar-refractivity contribution in [2.24, 2.45) is 5.92 Å². The van der Waals surface area contributed by atoms with Crippen LogP contribution < -0.4 is 14.8 Å². The third-order valence-corrected chi connectivity index (χ3v) is 4.53. The molecular weight excluding hydrogens is 290 g/mol. The van der Waals surface area contributed by atoms with Crippen LogP contribution in [-0.2, 0) is 0 Å². The highest BCUT2D eigenvalue weighted by Crippen LogP contribution is 2.29. The fourth-order valence-corrected chi connectivity index (χ4v) is 2.93. The van der Waals surface area contributed by atoms with Crippen LogP contribution in [0.1, 0.15) is 62.7 Å². The van der Waals surface area contributed by atoms with E-state index >= 15 is 0 Å². The van der Waals surface area contributed by atoms with Crippen LogP contribution in [0.3, 0.4) is 0 Å². The number of hydrogen-bond donors (Lipinski definition) is 1. The van der Waals surface area contributed by atoms with Gasteiger partial charge >= 0.3 is 0 Å². The molecule has 2 rings (SSSR count). The molecule has 1 saturated carbocycles. The number of carbonyl (C=O) groups is 1. The summed E-state index contributed by atoms with van der Waals surface area (Å²) in [6, 6.07) is 5.70. The zero-order valence-electron chi connectivity index (χ0n) is 14.6. The maximum Gasteiger partial charge on any atom is 0.251 e. The van der Waals surface area contributed by atoms with Crippen LogP contribution in [0.25, 0.3) is 0 Å². The van der Waals surface area contributed by atoms with E-state index in [1.54, 1.807) is 13.2 Å². The molecule has 4 heteroatoms. The first-order chi connectivity index (χ1) is 11.1. The molecule has 1 aromatic rings. The third-order valence-electron chi connectivity index (χ3n) is 4.53. The maximum absolute atomic E-state index is 12.4. The molecule has 0 heterocycles. The molecule has 23 heavy (non-hydrogen) atoms. The molecule has 0 spiro atoms. The number of benzene rings is 1. The molecular formula is C19H29NO3. The van der Waals surface area contributed by atoms with Crippen molar-refractivity contribution in [1.82, 2.24) is 5.32 Å². The van der Waals surface area contributed by atoms with E-state index in [1.807, 2.05) is 12.1 Å². The third kappa shape index (κ3) is 5.15. The topological polar surface area (TPSA) is 47.6 Å². The van der Waals surface area contributed by atoms with Gasteiger partial charge in [-0.2, -0.15) is 0 Å². The Hall–Kier alpha value is -1.71. The van der Waals surface area contributed by atoms with Crippen LogP contribution in [0, 0.1) is 5.92 Å². The van der Waals surface area contributed by atoms with Gasteiger partial charge in [-0.25, -0.2) is 0 Å². The van der Waals surface area contributed by atoms with Crippen LogP contribution in [0.5, 0.6) is 11.5 Å². The monoisotopic (exact) mass is 319 g/mol. The number of ether oxygens (including phenoxy) is 2. The number of methoxy groups -OCH3 is 1. The first-order valence-electron chi connectivity index (χ1n) is 8.75. The van der Waals surface area contributed by atoms with E-state index in [9.17, 15) is 4.79 Å². The van der Waals surface area contributed by atoms with E-state index in [2.05, 4.69) is 19.2 Å². The lowest BCUT2D eigenvalue weighted by Crippen LogP contribution is -2.37. The summed E-state index contributed by atoms with van der Waals surface area (Å²) in [4.78, 5) is 12.4. The molecule has 1 amide bonds. The average Bonchev–Trinajstić information content (AvgIpc) is 2.57. The Balaban J connectivity index is 1.97. The average molecular weight is 319 g/mol. The van der Waals surface area contributed by atoms with Crippen molar-refractivity contribution in [1.29, 1.82) is 0 Å². The smallest absolute Gasteiger partial charge is 0.251 e. The van der Waals surface area contributed by atoms with Gasteiger partial charge in [-0.15, -0.1) is 0 Å². The quantitative estimate of drug-likeness (QED) is 0.767. The van der Waals surface area contributed by atoms with Crippen molar-refractivity contribution in [2.75, 3.05) is 13.7 Å². The Morgan fingerprint density at radius 1 is 1.22 bits per heavy atom. The van der Waals surface area contributed by atoms with E-state index in [0.29, 0.717) is 29.7 Å². The summed E-state index contributed by atoms with van der Waals surface area (Å²) in [7, 11) is 1.60. The van der Waals surface area contributed by atoms with E-state index in [-0.39, 0.29) is 5.91 Å². The van der Waals surface area contributed by atoms with Gasteiger partial charge in [0.25, 0.3) is 5.91 Å². The van der Waals surface area contributed by atoms with E-state index < -0.39 is 0 Å². The SMILES string of the molecule is CCCCOc1ccc(C(=O)NC2CCC(C)CC2)cc1OC. The van der Waals surface area contributed by atoms with Crippen molar-refractivity contribution in [3.05, 3.63) is 23.8 Å². The van der Waals surface area contributed by atoms with Crippen molar-refractivity contribution in [3.8, 4) is 11.5 Å². The van der Waals surface area contributed by atoms with Crippen molar-refractivity contribution >= 4 is 5.91 Å². The van der Waals surface area contributed by atoms with Crippen LogP contribution in [0.4, 0.5) is 0 Å². The van der Waals surface area contributed by atoms with E-state index in [4.69, 9.17) is 9.47 Å². The first-order valence-corrected chi connectivity index (χ1v) is 8.75. The largest absolute Gasteiger partial charge is 0.493 e. The summed E-state index contributed by atoms with van der Waals surface area (Å²) in [5.41, 5.74) is 0.628. The predicted molar refractivity (Wildman–Crippen MR) is 92.3 cm³/mol. The molecule has 1 fully saturated rings. The minimum absolute atomic E-state index is 0.0250. The van der Waals surface area contributed by atoms with Gasteiger partial charge in [0.05, 0.1) is 13.7 Å². The summed E-state index contributed by atoms with van der Waals surface area (Å²) in [6.45, 7) is 5.07. The zero-order valence-corrected chi connectivity index (χ0v) is 14.6. The van der Waals surface area contributed by atoms with Crippen molar-refractivity contribution in [3.63, 3.8) is 0 Å². The lowest BCUT2D eigenvalue weighted by molar-refractivity contribution is 0.0922. The molecule has 1 aromatic carbocycles. The van der Waals surface area contributed by atoms with Crippen molar-refractivity contribution in [2.45, 2.75) is 58.4 Å². The number of rotatable bonds is 7. The summed E-state index contributed by atoms with van der Waals surface area (Å²) in [6.07, 6.45) is 6.62. The minimum Gasteiger partial charge on any atom is -0.493 e. The summed E-state index contributed by atoms with van der Waals surface area (Å²) in [5.74, 6) is 2.07. The number of hydrogen-bond acceptors (Lipinski definition) is 3. The fourth-order valence-electron chi connectivity index (χ4n) is 2.93. The maximum atomic E-state index is 12.4. The zero-order chi connectivity index (χ0) is 16.7. The van der Waals surface area contributed by atoms with Gasteiger partial charge in [0.2, 0.25) is 0 Å². The van der Waals surface area contributed by atoms with Crippen LogP contribution in [0.15, 0.2) is 18.2 Å². The second-order valence-electron chi connectivity index (χ2n) is 6.50. The molecule has 1 N–H and O–H groups in total. The molecule has 1 aliphatic rings. The molecule has 0 radical (unpaired) electrons. The Bertz CT molecular complexity index is 507. The van der Waals surface area contributed by atoms with E-state index in [0.717, 1.165) is 31.6 Å². The second-order valence-corrected chi connectivity index (χ2v) is 6.50. The van der Waals surface area contributed by atoms with Gasteiger partial charge < -0.3 is 14.8 Å². The molecule has 0 unspecified atom stereocenters. The number of amides is 1. The molecule has 0 aromatic heterocycles. The summed E-state index contributed by atoms with van der Waals surface area (Å²) in [5, 5.41) is 3.14. The standard InChI is InChI=1S/C19H29NO3/c1-4-5-12-23-17-11-8-15(13-18(17)22-3)19(21)20-16-9-6-14(2)7-10-16/h8,11,13-14,16H,4-7,9-10,12H2,1-3H3,(H,20,21). The number of carbonyl (C=O) groups excluding carboxylic acids is 1. The van der Waals surface area contributed by atoms with Crippen LogP contribution in [-0.4, -0.2) is 25.7 Å². The predicted octanol–water partition coefficient (Wildman–Crippen LogP) is 4.18. The van der Waals surface area contributed by atoms with E-state index in [1.165, 1.54) is 12.8 Å². The second kappa shape index (κ2) is 8.80. The highest BCUT2D eigenvalue weighted by molar-refractivity contribution is 5.95. The normalized spacial score (nSPS) is 20.8. The number of nitrogens with one attached hydrogen (secondary N) is 1. The molecule has 4 nitrogen and oxygen atoms in total. The molecule has 0 atom stereocenters. The number of unbranched alkanes of at least 4 members (excludes halogenated alkanes) is 1. The Labute approximate surface area is 139 Å². The fraction of sp³-hybridized carbons (Fsp3) is 0.632. The summed E-state index contributed by atoms with van der Waals surface area (Å²) >= 11 is 0. The first kappa shape index (κ1) is 17.6. The van der Waals surface area contributed by atoms with Crippen LogP contribution >= 0.6 is 0 Å².